The van der Waals surface area contributed by atoms with E-state index in [4.69, 9.17) is 20.4 Å². The van der Waals surface area contributed by atoms with Gasteiger partial charge in [-0.3, -0.25) is 0 Å². The summed E-state index contributed by atoms with van der Waals surface area (Å²) in [6, 6.07) is 8.58. The number of hydrogen-bond donors (Lipinski definition) is 2. The molecule has 0 aliphatic heterocycles. The predicted octanol–water partition coefficient (Wildman–Crippen LogP) is 3.23. The van der Waals surface area contributed by atoms with Crippen molar-refractivity contribution in [3.05, 3.63) is 59.7 Å². The third-order valence-corrected chi connectivity index (χ3v) is 2.76. The molecule has 0 saturated carbocycles. The van der Waals surface area contributed by atoms with E-state index in [9.17, 15) is 0 Å². The third kappa shape index (κ3) is 3.11. The fourth-order valence-electron chi connectivity index (χ4n) is 2.09. The first-order valence-electron chi connectivity index (χ1n) is 5.46. The second-order valence-electron chi connectivity index (χ2n) is 3.81. The first-order valence-corrected chi connectivity index (χ1v) is 5.46. The summed E-state index contributed by atoms with van der Waals surface area (Å²) in [4.78, 5) is 16.7. The molecule has 3 rings (SSSR count). The average Bonchev–Trinajstić information content (AvgIpc) is 2.39. The van der Waals surface area contributed by atoms with Crippen LogP contribution in [-0.2, 0) is 9.59 Å². The maximum atomic E-state index is 8.35. The van der Waals surface area contributed by atoms with Crippen molar-refractivity contribution in [1.82, 2.24) is 0 Å². The van der Waals surface area contributed by atoms with Crippen LogP contribution in [0.5, 0.6) is 0 Å². The molecular weight excluding hydrogens is 240 g/mol. The molecule has 1 aromatic rings. The smallest absolute Gasteiger partial charge is 0.222 e. The SMILES string of the molecule is C=C1C=CC2=C(C1)c1ccccc12.N=C=O.N=C=O. The lowest BCUT2D eigenvalue weighted by molar-refractivity contribution is 0.562. The van der Waals surface area contributed by atoms with Gasteiger partial charge in [-0.25, -0.2) is 20.4 Å². The second kappa shape index (κ2) is 6.82. The standard InChI is InChI=1S/C13H10.2CHNO/c1-9-6-7-12-10-4-2-3-5-11(10)13(12)8-9;2*2-1-3/h2-7H,1,8H2;2*2H. The molecule has 0 fully saturated rings. The van der Waals surface area contributed by atoms with Crippen molar-refractivity contribution < 1.29 is 9.59 Å². The molecule has 0 aromatic heterocycles. The Morgan fingerprint density at radius 1 is 1.00 bits per heavy atom. The van der Waals surface area contributed by atoms with E-state index in [1.165, 1.54) is 27.8 Å². The Kier molecular flexibility index (Phi) is 5.12. The quantitative estimate of drug-likeness (QED) is 0.549. The summed E-state index contributed by atoms with van der Waals surface area (Å²) in [5, 5.41) is 10.8. The van der Waals surface area contributed by atoms with Gasteiger partial charge in [0.2, 0.25) is 12.2 Å². The molecule has 2 aliphatic carbocycles. The van der Waals surface area contributed by atoms with E-state index >= 15 is 0 Å². The van der Waals surface area contributed by atoms with Crippen molar-refractivity contribution in [1.29, 1.82) is 10.8 Å². The van der Waals surface area contributed by atoms with Gasteiger partial charge < -0.3 is 0 Å². The molecule has 0 saturated heterocycles. The van der Waals surface area contributed by atoms with Crippen LogP contribution in [0.15, 0.2) is 48.6 Å². The summed E-state index contributed by atoms with van der Waals surface area (Å²) in [6.07, 6.45) is 6.83. The van der Waals surface area contributed by atoms with Gasteiger partial charge in [0.1, 0.15) is 0 Å². The van der Waals surface area contributed by atoms with Crippen molar-refractivity contribution in [2.24, 2.45) is 0 Å². The van der Waals surface area contributed by atoms with E-state index < -0.39 is 0 Å². The highest BCUT2D eigenvalue weighted by molar-refractivity contribution is 6.09. The van der Waals surface area contributed by atoms with Gasteiger partial charge in [0.05, 0.1) is 0 Å². The van der Waals surface area contributed by atoms with Crippen LogP contribution >= 0.6 is 0 Å². The summed E-state index contributed by atoms with van der Waals surface area (Å²) in [6.45, 7) is 3.98. The molecule has 2 aliphatic rings. The molecular formula is C15H12N2O2. The summed E-state index contributed by atoms with van der Waals surface area (Å²) >= 11 is 0. The van der Waals surface area contributed by atoms with Crippen molar-refractivity contribution in [2.75, 3.05) is 0 Å². The fraction of sp³-hybridized carbons (Fsp3) is 0.0667. The topological polar surface area (TPSA) is 81.8 Å². The van der Waals surface area contributed by atoms with Gasteiger partial charge in [-0.1, -0.05) is 48.6 Å². The van der Waals surface area contributed by atoms with E-state index in [2.05, 4.69) is 43.0 Å². The first kappa shape index (κ1) is 14.3. The van der Waals surface area contributed by atoms with E-state index in [1.54, 1.807) is 0 Å². The molecule has 94 valence electrons. The summed E-state index contributed by atoms with van der Waals surface area (Å²) in [5.41, 5.74) is 6.93. The maximum absolute atomic E-state index is 8.35. The second-order valence-corrected chi connectivity index (χ2v) is 3.81. The molecule has 0 bridgehead atoms. The van der Waals surface area contributed by atoms with Crippen LogP contribution in [-0.4, -0.2) is 12.2 Å². The van der Waals surface area contributed by atoms with Crippen molar-refractivity contribution in [2.45, 2.75) is 6.42 Å². The molecule has 0 radical (unpaired) electrons. The number of rotatable bonds is 0. The van der Waals surface area contributed by atoms with Gasteiger partial charge in [-0.2, -0.15) is 0 Å². The Morgan fingerprint density at radius 2 is 1.53 bits per heavy atom. The fourth-order valence-corrected chi connectivity index (χ4v) is 2.09. The minimum Gasteiger partial charge on any atom is -0.222 e. The zero-order valence-electron chi connectivity index (χ0n) is 10.2. The van der Waals surface area contributed by atoms with E-state index in [0.717, 1.165) is 18.6 Å². The van der Waals surface area contributed by atoms with Crippen molar-refractivity contribution in [3.63, 3.8) is 0 Å². The Balaban J connectivity index is 0.000000261. The molecule has 2 N–H and O–H groups in total. The molecule has 0 heterocycles. The van der Waals surface area contributed by atoms with E-state index in [-0.39, 0.29) is 0 Å². The number of carbonyl (C=O) groups excluding carboxylic acids is 2. The number of nitrogens with one attached hydrogen (secondary N) is 2. The molecule has 0 amide bonds. The van der Waals surface area contributed by atoms with Gasteiger partial charge in [-0.05, 0) is 28.7 Å². The molecule has 4 nitrogen and oxygen atoms in total. The highest BCUT2D eigenvalue weighted by Gasteiger charge is 2.25. The zero-order valence-corrected chi connectivity index (χ0v) is 10.2. The van der Waals surface area contributed by atoms with Gasteiger partial charge >= 0.3 is 0 Å². The number of benzene rings is 1. The normalized spacial score (nSPS) is 13.2. The highest BCUT2D eigenvalue weighted by atomic mass is 16.1. The zero-order chi connectivity index (χ0) is 14.3. The number of allylic oxidation sites excluding steroid dienone is 5. The van der Waals surface area contributed by atoms with Crippen LogP contribution in [0, 0.1) is 10.8 Å². The van der Waals surface area contributed by atoms with Crippen LogP contribution in [0.1, 0.15) is 17.5 Å². The van der Waals surface area contributed by atoms with Crippen LogP contribution in [0.25, 0.3) is 11.1 Å². The highest BCUT2D eigenvalue weighted by Crippen LogP contribution is 2.46. The van der Waals surface area contributed by atoms with Crippen LogP contribution in [0.2, 0.25) is 0 Å². The minimum atomic E-state index is 0.750. The van der Waals surface area contributed by atoms with Crippen LogP contribution in [0.4, 0.5) is 0 Å². The minimum absolute atomic E-state index is 0.750. The number of isocyanates is 2. The molecule has 19 heavy (non-hydrogen) atoms. The Hall–Kier alpha value is -2.80. The molecule has 0 unspecified atom stereocenters. The van der Waals surface area contributed by atoms with Crippen LogP contribution < -0.4 is 0 Å². The average molecular weight is 252 g/mol. The van der Waals surface area contributed by atoms with Gasteiger partial charge in [-0.15, -0.1) is 0 Å². The molecule has 4 heteroatoms. The van der Waals surface area contributed by atoms with E-state index in [0.29, 0.717) is 0 Å². The monoisotopic (exact) mass is 252 g/mol. The largest absolute Gasteiger partial charge is 0.231 e. The van der Waals surface area contributed by atoms with Gasteiger partial charge in [0, 0.05) is 0 Å². The summed E-state index contributed by atoms with van der Waals surface area (Å²) < 4.78 is 0. The number of fused-ring (bicyclic) bond motifs is 3. The van der Waals surface area contributed by atoms with Crippen LogP contribution in [0.3, 0.4) is 0 Å². The Bertz CT molecular complexity index is 615. The summed E-state index contributed by atoms with van der Waals surface area (Å²) in [5.74, 6) is 0. The van der Waals surface area contributed by atoms with E-state index in [1.807, 2.05) is 0 Å². The lowest BCUT2D eigenvalue weighted by atomic mass is 9.75. The molecule has 1 aromatic carbocycles. The Labute approximate surface area is 110 Å². The third-order valence-electron chi connectivity index (χ3n) is 2.76. The maximum Gasteiger partial charge on any atom is 0.231 e. The summed E-state index contributed by atoms with van der Waals surface area (Å²) in [7, 11) is 0. The Morgan fingerprint density at radius 3 is 2.11 bits per heavy atom. The lowest BCUT2D eigenvalue weighted by Crippen LogP contribution is -2.07. The number of hydrogen-bond acceptors (Lipinski definition) is 4. The molecule has 0 spiro atoms. The first-order chi connectivity index (χ1) is 9.19. The van der Waals surface area contributed by atoms with Crippen molar-refractivity contribution >= 4 is 23.3 Å². The van der Waals surface area contributed by atoms with Gasteiger partial charge in [0.25, 0.3) is 0 Å². The van der Waals surface area contributed by atoms with Gasteiger partial charge in [0.15, 0.2) is 0 Å². The van der Waals surface area contributed by atoms with Crippen molar-refractivity contribution in [3.8, 4) is 0 Å². The predicted molar refractivity (Wildman–Crippen MR) is 73.0 cm³/mol. The molecule has 0 atom stereocenters. The lowest BCUT2D eigenvalue weighted by Gasteiger charge is -2.29.